The Hall–Kier alpha value is -1.95. The van der Waals surface area contributed by atoms with E-state index in [0.717, 1.165) is 31.2 Å². The van der Waals surface area contributed by atoms with Crippen LogP contribution in [0.15, 0.2) is 54.6 Å². The molecule has 1 N–H and O–H groups in total. The Morgan fingerprint density at radius 3 is 2.73 bits per heavy atom. The van der Waals surface area contributed by atoms with Crippen molar-refractivity contribution < 1.29 is 19.5 Å². The minimum atomic E-state index is -0.597. The fourth-order valence-electron chi connectivity index (χ4n) is 4.64. The van der Waals surface area contributed by atoms with Crippen LogP contribution in [-0.4, -0.2) is 47.5 Å². The molecule has 1 aromatic carbocycles. The lowest BCUT2D eigenvalue weighted by molar-refractivity contribution is -0.196. The van der Waals surface area contributed by atoms with Crippen LogP contribution < -0.4 is 0 Å². The SMILES string of the molecule is CC=CCCCC(=O)N(OC)[C@H]1[C@@H](C=CC(O)C(C)c2ccccc2)[C@H]2CC[C@@H]1O2. The summed E-state index contributed by atoms with van der Waals surface area (Å²) in [6.07, 6.45) is 11.5. The Balaban J connectivity index is 1.68. The zero-order valence-corrected chi connectivity index (χ0v) is 18.3. The molecule has 30 heavy (non-hydrogen) atoms. The first-order chi connectivity index (χ1) is 14.6. The molecular formula is C25H35NO4. The van der Waals surface area contributed by atoms with Crippen molar-refractivity contribution in [1.29, 1.82) is 0 Å². The minimum Gasteiger partial charge on any atom is -0.388 e. The average molecular weight is 414 g/mol. The Kier molecular flexibility index (Phi) is 8.25. The van der Waals surface area contributed by atoms with Crippen molar-refractivity contribution in [3.8, 4) is 0 Å². The molecule has 2 fully saturated rings. The molecule has 0 aliphatic carbocycles. The molecule has 1 amide bonds. The van der Waals surface area contributed by atoms with Gasteiger partial charge in [-0.25, -0.2) is 5.06 Å². The molecule has 2 aliphatic heterocycles. The summed E-state index contributed by atoms with van der Waals surface area (Å²) in [5, 5.41) is 12.2. The zero-order chi connectivity index (χ0) is 21.5. The van der Waals surface area contributed by atoms with Gasteiger partial charge in [0.2, 0.25) is 5.91 Å². The lowest BCUT2D eigenvalue weighted by atomic mass is 9.83. The van der Waals surface area contributed by atoms with Gasteiger partial charge in [0.15, 0.2) is 0 Å². The zero-order valence-electron chi connectivity index (χ0n) is 18.3. The maximum Gasteiger partial charge on any atom is 0.246 e. The lowest BCUT2D eigenvalue weighted by Crippen LogP contribution is -2.49. The molecule has 2 aliphatic rings. The van der Waals surface area contributed by atoms with Gasteiger partial charge in [0.1, 0.15) is 0 Å². The first-order valence-corrected chi connectivity index (χ1v) is 11.1. The van der Waals surface area contributed by atoms with Crippen molar-refractivity contribution in [2.45, 2.75) is 76.2 Å². The van der Waals surface area contributed by atoms with E-state index in [4.69, 9.17) is 9.57 Å². The highest BCUT2D eigenvalue weighted by atomic mass is 16.7. The van der Waals surface area contributed by atoms with Gasteiger partial charge in [0.05, 0.1) is 31.5 Å². The number of carbonyl (C=O) groups excluding carboxylic acids is 1. The molecule has 0 saturated carbocycles. The molecule has 2 saturated heterocycles. The normalized spacial score (nSPS) is 27.7. The summed E-state index contributed by atoms with van der Waals surface area (Å²) in [4.78, 5) is 18.4. The van der Waals surface area contributed by atoms with E-state index >= 15 is 0 Å². The fourth-order valence-corrected chi connectivity index (χ4v) is 4.64. The van der Waals surface area contributed by atoms with Gasteiger partial charge >= 0.3 is 0 Å². The molecule has 0 radical (unpaired) electrons. The van der Waals surface area contributed by atoms with Gasteiger partial charge in [-0.3, -0.25) is 9.63 Å². The number of aliphatic hydroxyl groups excluding tert-OH is 1. The first kappa shape index (κ1) is 22.7. The van der Waals surface area contributed by atoms with Crippen molar-refractivity contribution in [3.63, 3.8) is 0 Å². The topological polar surface area (TPSA) is 59.0 Å². The molecule has 164 valence electrons. The van der Waals surface area contributed by atoms with Gasteiger partial charge in [-0.15, -0.1) is 0 Å². The van der Waals surface area contributed by atoms with Crippen molar-refractivity contribution >= 4 is 5.91 Å². The second kappa shape index (κ2) is 10.9. The van der Waals surface area contributed by atoms with Crippen LogP contribution in [-0.2, 0) is 14.4 Å². The maximum atomic E-state index is 12.8. The van der Waals surface area contributed by atoms with Crippen LogP contribution in [0.5, 0.6) is 0 Å². The molecule has 2 heterocycles. The van der Waals surface area contributed by atoms with Gasteiger partial charge in [-0.05, 0) is 38.2 Å². The Bertz CT molecular complexity index is 732. The number of fused-ring (bicyclic) bond motifs is 2. The Morgan fingerprint density at radius 2 is 2.03 bits per heavy atom. The number of rotatable bonds is 10. The van der Waals surface area contributed by atoms with Crippen LogP contribution in [0.25, 0.3) is 0 Å². The van der Waals surface area contributed by atoms with Crippen LogP contribution in [0.3, 0.4) is 0 Å². The lowest BCUT2D eigenvalue weighted by Gasteiger charge is -2.34. The van der Waals surface area contributed by atoms with E-state index in [1.165, 1.54) is 5.06 Å². The number of ether oxygens (including phenoxy) is 1. The predicted molar refractivity (Wildman–Crippen MR) is 118 cm³/mol. The first-order valence-electron chi connectivity index (χ1n) is 11.1. The van der Waals surface area contributed by atoms with Gasteiger partial charge in [0, 0.05) is 18.3 Å². The molecule has 0 aromatic heterocycles. The van der Waals surface area contributed by atoms with E-state index in [9.17, 15) is 9.90 Å². The van der Waals surface area contributed by atoms with Gasteiger partial charge in [-0.1, -0.05) is 61.6 Å². The predicted octanol–water partition coefficient (Wildman–Crippen LogP) is 4.39. The van der Waals surface area contributed by atoms with E-state index in [-0.39, 0.29) is 36.0 Å². The smallest absolute Gasteiger partial charge is 0.246 e. The van der Waals surface area contributed by atoms with E-state index in [1.54, 1.807) is 7.11 Å². The molecule has 1 aromatic rings. The van der Waals surface area contributed by atoms with E-state index < -0.39 is 6.10 Å². The Labute approximate surface area is 180 Å². The van der Waals surface area contributed by atoms with Crippen LogP contribution in [0, 0.1) is 5.92 Å². The molecular weight excluding hydrogens is 378 g/mol. The van der Waals surface area contributed by atoms with Crippen LogP contribution in [0.1, 0.15) is 57.4 Å². The number of nitrogens with zero attached hydrogens (tertiary/aromatic N) is 1. The highest BCUT2D eigenvalue weighted by molar-refractivity contribution is 5.75. The van der Waals surface area contributed by atoms with E-state index in [0.29, 0.717) is 6.42 Å². The second-order valence-corrected chi connectivity index (χ2v) is 8.30. The summed E-state index contributed by atoms with van der Waals surface area (Å²) in [6, 6.07) is 9.87. The standard InChI is InChI=1S/C25H35NO4/c1-4-5-6-10-13-24(28)26(29-3)25-20(22-16-17-23(25)30-22)14-15-21(27)18(2)19-11-8-7-9-12-19/h4-5,7-9,11-12,14-15,18,20-23,25,27H,6,10,13,16-17H2,1-3H3/t18?,20-,21?,22+,23-,25-/m0/s1. The second-order valence-electron chi connectivity index (χ2n) is 8.30. The summed E-state index contributed by atoms with van der Waals surface area (Å²) in [5.74, 6) is 0.0211. The third-order valence-electron chi connectivity index (χ3n) is 6.37. The van der Waals surface area contributed by atoms with Gasteiger partial charge in [-0.2, -0.15) is 0 Å². The molecule has 0 spiro atoms. The van der Waals surface area contributed by atoms with Gasteiger partial charge < -0.3 is 9.84 Å². The summed E-state index contributed by atoms with van der Waals surface area (Å²) < 4.78 is 6.13. The number of benzene rings is 1. The van der Waals surface area contributed by atoms with Gasteiger partial charge in [0.25, 0.3) is 0 Å². The quantitative estimate of drug-likeness (QED) is 0.351. The number of unbranched alkanes of at least 4 members (excludes halogenated alkanes) is 1. The van der Waals surface area contributed by atoms with E-state index in [1.807, 2.05) is 62.4 Å². The largest absolute Gasteiger partial charge is 0.388 e. The molecule has 6 atom stereocenters. The fraction of sp³-hybridized carbons (Fsp3) is 0.560. The minimum absolute atomic E-state index is 0.000227. The molecule has 2 unspecified atom stereocenters. The number of allylic oxidation sites excluding steroid dienone is 2. The van der Waals surface area contributed by atoms with E-state index in [2.05, 4.69) is 6.08 Å². The summed E-state index contributed by atoms with van der Waals surface area (Å²) in [7, 11) is 1.56. The summed E-state index contributed by atoms with van der Waals surface area (Å²) in [6.45, 7) is 4.01. The van der Waals surface area contributed by atoms with Crippen molar-refractivity contribution in [3.05, 3.63) is 60.2 Å². The number of aliphatic hydroxyl groups is 1. The molecule has 5 nitrogen and oxygen atoms in total. The number of hydrogen-bond acceptors (Lipinski definition) is 4. The molecule has 3 rings (SSSR count). The number of hydrogen-bond donors (Lipinski definition) is 1. The van der Waals surface area contributed by atoms with Crippen LogP contribution >= 0.6 is 0 Å². The number of amides is 1. The monoisotopic (exact) mass is 413 g/mol. The van der Waals surface area contributed by atoms with Crippen molar-refractivity contribution in [2.75, 3.05) is 7.11 Å². The highest BCUT2D eigenvalue weighted by Crippen LogP contribution is 2.43. The maximum absolute atomic E-state index is 12.8. The molecule has 5 heteroatoms. The van der Waals surface area contributed by atoms with Crippen LogP contribution in [0.2, 0.25) is 0 Å². The third-order valence-corrected chi connectivity index (χ3v) is 6.37. The van der Waals surface area contributed by atoms with Crippen molar-refractivity contribution in [1.82, 2.24) is 5.06 Å². The van der Waals surface area contributed by atoms with Crippen molar-refractivity contribution in [2.24, 2.45) is 5.92 Å². The van der Waals surface area contributed by atoms with Crippen LogP contribution in [0.4, 0.5) is 0 Å². The third kappa shape index (κ3) is 5.20. The number of hydroxylamine groups is 2. The molecule has 2 bridgehead atoms. The number of carbonyl (C=O) groups is 1. The average Bonchev–Trinajstić information content (AvgIpc) is 3.38. The summed E-state index contributed by atoms with van der Waals surface area (Å²) in [5.41, 5.74) is 1.10. The summed E-state index contributed by atoms with van der Waals surface area (Å²) >= 11 is 0. The Morgan fingerprint density at radius 1 is 1.30 bits per heavy atom. The highest BCUT2D eigenvalue weighted by Gasteiger charge is 2.52.